The first kappa shape index (κ1) is 13.8. The number of nitrogens with zero attached hydrogens (tertiary/aromatic N) is 4. The van der Waals surface area contributed by atoms with Crippen molar-refractivity contribution in [3.8, 4) is 6.07 Å². The Morgan fingerprint density at radius 3 is 2.68 bits per heavy atom. The van der Waals surface area contributed by atoms with Crippen LogP contribution >= 0.6 is 0 Å². The minimum absolute atomic E-state index is 0.730. The van der Waals surface area contributed by atoms with Crippen LogP contribution in [0.4, 0.5) is 5.82 Å². The van der Waals surface area contributed by atoms with Crippen LogP contribution in [0.15, 0.2) is 12.3 Å². The zero-order valence-electron chi connectivity index (χ0n) is 12.1. The predicted molar refractivity (Wildman–Crippen MR) is 77.2 cm³/mol. The van der Waals surface area contributed by atoms with Crippen molar-refractivity contribution in [2.24, 2.45) is 5.92 Å². The maximum Gasteiger partial charge on any atom is 0.146 e. The average Bonchev–Trinajstić information content (AvgIpc) is 2.38. The Kier molecular flexibility index (Phi) is 4.39. The highest BCUT2D eigenvalue weighted by molar-refractivity contribution is 5.57. The van der Waals surface area contributed by atoms with Gasteiger partial charge in [0.05, 0.1) is 5.56 Å². The zero-order valence-corrected chi connectivity index (χ0v) is 12.1. The van der Waals surface area contributed by atoms with Crippen molar-refractivity contribution in [2.45, 2.75) is 19.8 Å². The maximum atomic E-state index is 9.28. The summed E-state index contributed by atoms with van der Waals surface area (Å²) in [5, 5.41) is 9.28. The van der Waals surface area contributed by atoms with Crippen molar-refractivity contribution < 1.29 is 0 Å². The smallest absolute Gasteiger partial charge is 0.146 e. The fourth-order valence-corrected chi connectivity index (χ4v) is 2.77. The molecular formula is C15H22N4. The number of pyridine rings is 1. The molecule has 0 saturated carbocycles. The molecule has 0 spiro atoms. The molecule has 1 saturated heterocycles. The Morgan fingerprint density at radius 1 is 1.42 bits per heavy atom. The highest BCUT2D eigenvalue weighted by Crippen LogP contribution is 2.25. The van der Waals surface area contributed by atoms with Gasteiger partial charge in [0, 0.05) is 25.8 Å². The quantitative estimate of drug-likeness (QED) is 0.832. The van der Waals surface area contributed by atoms with Gasteiger partial charge in [0.2, 0.25) is 0 Å². The molecule has 1 aliphatic heterocycles. The Balaban J connectivity index is 2.06. The molecule has 0 atom stereocenters. The first-order valence-electron chi connectivity index (χ1n) is 6.87. The molecular weight excluding hydrogens is 236 g/mol. The summed E-state index contributed by atoms with van der Waals surface area (Å²) in [6.45, 7) is 5.13. The summed E-state index contributed by atoms with van der Waals surface area (Å²) in [7, 11) is 4.25. The minimum Gasteiger partial charge on any atom is -0.355 e. The molecule has 1 aromatic rings. The van der Waals surface area contributed by atoms with E-state index < -0.39 is 0 Å². The Morgan fingerprint density at radius 2 is 2.11 bits per heavy atom. The second kappa shape index (κ2) is 6.03. The molecule has 0 bridgehead atoms. The van der Waals surface area contributed by atoms with Gasteiger partial charge in [-0.25, -0.2) is 4.98 Å². The topological polar surface area (TPSA) is 43.2 Å². The molecule has 0 aromatic carbocycles. The molecule has 102 valence electrons. The largest absolute Gasteiger partial charge is 0.355 e. The van der Waals surface area contributed by atoms with Gasteiger partial charge >= 0.3 is 0 Å². The van der Waals surface area contributed by atoms with E-state index in [9.17, 15) is 5.26 Å². The van der Waals surface area contributed by atoms with Crippen molar-refractivity contribution >= 4 is 5.82 Å². The molecule has 1 aliphatic rings. The summed E-state index contributed by atoms with van der Waals surface area (Å²) in [6, 6.07) is 4.20. The first-order valence-corrected chi connectivity index (χ1v) is 6.87. The summed E-state index contributed by atoms with van der Waals surface area (Å²) < 4.78 is 0. The predicted octanol–water partition coefficient (Wildman–Crippen LogP) is 2.04. The fraction of sp³-hybridized carbons (Fsp3) is 0.600. The normalized spacial score (nSPS) is 16.7. The first-order chi connectivity index (χ1) is 9.11. The lowest BCUT2D eigenvalue weighted by Crippen LogP contribution is -2.38. The molecule has 0 unspecified atom stereocenters. The van der Waals surface area contributed by atoms with Gasteiger partial charge in [-0.05, 0) is 51.4 Å². The van der Waals surface area contributed by atoms with Gasteiger partial charge in [-0.15, -0.1) is 0 Å². The third kappa shape index (κ3) is 3.24. The van der Waals surface area contributed by atoms with Crippen LogP contribution in [0.5, 0.6) is 0 Å². The highest BCUT2D eigenvalue weighted by Gasteiger charge is 2.22. The maximum absolute atomic E-state index is 9.28. The van der Waals surface area contributed by atoms with E-state index in [1.54, 1.807) is 6.20 Å². The summed E-state index contributed by atoms with van der Waals surface area (Å²) in [5.74, 6) is 1.63. The summed E-state index contributed by atoms with van der Waals surface area (Å²) in [5.41, 5.74) is 1.75. The molecule has 0 amide bonds. The van der Waals surface area contributed by atoms with Crippen molar-refractivity contribution in [1.29, 1.82) is 5.26 Å². The number of nitriles is 1. The molecule has 0 radical (unpaired) electrons. The number of hydrogen-bond donors (Lipinski definition) is 0. The van der Waals surface area contributed by atoms with Crippen LogP contribution in [0.3, 0.4) is 0 Å². The van der Waals surface area contributed by atoms with E-state index in [1.807, 2.05) is 13.0 Å². The van der Waals surface area contributed by atoms with Gasteiger partial charge in [0.1, 0.15) is 11.9 Å². The van der Waals surface area contributed by atoms with Crippen LogP contribution < -0.4 is 4.90 Å². The minimum atomic E-state index is 0.730. The number of hydrogen-bond acceptors (Lipinski definition) is 4. The highest BCUT2D eigenvalue weighted by atomic mass is 15.2. The van der Waals surface area contributed by atoms with E-state index in [4.69, 9.17) is 0 Å². The molecule has 2 heterocycles. The monoisotopic (exact) mass is 258 g/mol. The van der Waals surface area contributed by atoms with Crippen LogP contribution in [0.25, 0.3) is 0 Å². The Hall–Kier alpha value is -1.60. The van der Waals surface area contributed by atoms with Crippen molar-refractivity contribution in [2.75, 3.05) is 38.6 Å². The zero-order chi connectivity index (χ0) is 13.8. The van der Waals surface area contributed by atoms with E-state index in [2.05, 4.69) is 34.9 Å². The van der Waals surface area contributed by atoms with Crippen LogP contribution in [-0.2, 0) is 0 Å². The van der Waals surface area contributed by atoms with Crippen LogP contribution in [-0.4, -0.2) is 43.6 Å². The number of piperidine rings is 1. The SMILES string of the molecule is Cc1ccnc(N2CCC(CN(C)C)CC2)c1C#N. The lowest BCUT2D eigenvalue weighted by molar-refractivity contribution is 0.284. The third-order valence-corrected chi connectivity index (χ3v) is 3.79. The summed E-state index contributed by atoms with van der Waals surface area (Å²) in [6.07, 6.45) is 4.16. The number of aromatic nitrogens is 1. The van der Waals surface area contributed by atoms with E-state index in [0.29, 0.717) is 0 Å². The summed E-state index contributed by atoms with van der Waals surface area (Å²) in [4.78, 5) is 8.93. The van der Waals surface area contributed by atoms with Crippen LogP contribution in [0, 0.1) is 24.2 Å². The van der Waals surface area contributed by atoms with E-state index in [0.717, 1.165) is 42.5 Å². The summed E-state index contributed by atoms with van der Waals surface area (Å²) >= 11 is 0. The van der Waals surface area contributed by atoms with Gasteiger partial charge in [0.25, 0.3) is 0 Å². The Bertz CT molecular complexity index is 468. The molecule has 4 heteroatoms. The lowest BCUT2D eigenvalue weighted by Gasteiger charge is -2.34. The molecule has 1 fully saturated rings. The Labute approximate surface area is 115 Å². The van der Waals surface area contributed by atoms with E-state index in [-0.39, 0.29) is 0 Å². The van der Waals surface area contributed by atoms with Gasteiger partial charge < -0.3 is 9.80 Å². The fourth-order valence-electron chi connectivity index (χ4n) is 2.77. The van der Waals surface area contributed by atoms with Gasteiger partial charge in [-0.2, -0.15) is 5.26 Å². The average molecular weight is 258 g/mol. The molecule has 2 rings (SSSR count). The van der Waals surface area contributed by atoms with Crippen LogP contribution in [0.1, 0.15) is 24.0 Å². The van der Waals surface area contributed by atoms with E-state index in [1.165, 1.54) is 12.8 Å². The third-order valence-electron chi connectivity index (χ3n) is 3.79. The van der Waals surface area contributed by atoms with Crippen molar-refractivity contribution in [3.63, 3.8) is 0 Å². The lowest BCUT2D eigenvalue weighted by atomic mass is 9.96. The second-order valence-electron chi connectivity index (χ2n) is 5.63. The van der Waals surface area contributed by atoms with Crippen molar-refractivity contribution in [1.82, 2.24) is 9.88 Å². The standard InChI is InChI=1S/C15H22N4/c1-12-4-7-17-15(14(12)10-16)19-8-5-13(6-9-19)11-18(2)3/h4,7,13H,5-6,8-9,11H2,1-3H3. The van der Waals surface area contributed by atoms with E-state index >= 15 is 0 Å². The number of rotatable bonds is 3. The van der Waals surface area contributed by atoms with Gasteiger partial charge in [-0.3, -0.25) is 0 Å². The van der Waals surface area contributed by atoms with Crippen molar-refractivity contribution in [3.05, 3.63) is 23.4 Å². The number of anilines is 1. The van der Waals surface area contributed by atoms with Crippen LogP contribution in [0.2, 0.25) is 0 Å². The molecule has 19 heavy (non-hydrogen) atoms. The molecule has 1 aromatic heterocycles. The number of aryl methyl sites for hydroxylation is 1. The molecule has 0 N–H and O–H groups in total. The van der Waals surface area contributed by atoms with Gasteiger partial charge in [0.15, 0.2) is 0 Å². The second-order valence-corrected chi connectivity index (χ2v) is 5.63. The molecule has 0 aliphatic carbocycles. The van der Waals surface area contributed by atoms with Gasteiger partial charge in [-0.1, -0.05) is 0 Å². The molecule has 4 nitrogen and oxygen atoms in total.